The first kappa shape index (κ1) is 13.1. The van der Waals surface area contributed by atoms with Crippen molar-refractivity contribution in [3.63, 3.8) is 0 Å². The van der Waals surface area contributed by atoms with Crippen LogP contribution in [-0.2, 0) is 4.79 Å². The molecule has 0 heterocycles. The lowest BCUT2D eigenvalue weighted by Crippen LogP contribution is -2.29. The third-order valence-corrected chi connectivity index (χ3v) is 2.29. The van der Waals surface area contributed by atoms with Crippen molar-refractivity contribution in [3.8, 4) is 5.75 Å². The summed E-state index contributed by atoms with van der Waals surface area (Å²) in [6.45, 7) is -0.482. The maximum absolute atomic E-state index is 11.6. The second-order valence-corrected chi connectivity index (χ2v) is 3.56. The van der Waals surface area contributed by atoms with Crippen molar-refractivity contribution in [1.82, 2.24) is 5.32 Å². The summed E-state index contributed by atoms with van der Waals surface area (Å²) in [6.07, 6.45) is 0. The number of methoxy groups -OCH3 is 1. The van der Waals surface area contributed by atoms with Crippen LogP contribution in [0.5, 0.6) is 5.75 Å². The van der Waals surface area contributed by atoms with Crippen molar-refractivity contribution in [3.05, 3.63) is 22.7 Å². The van der Waals surface area contributed by atoms with E-state index in [2.05, 4.69) is 5.32 Å². The number of carbonyl (C=O) groups is 2. The molecule has 0 aliphatic rings. The number of carboxylic acid groups (broad SMARTS) is 1. The highest BCUT2D eigenvalue weighted by atomic mass is 35.5. The quantitative estimate of drug-likeness (QED) is 0.692. The third kappa shape index (κ3) is 3.25. The summed E-state index contributed by atoms with van der Waals surface area (Å²) in [7, 11) is 1.37. The van der Waals surface area contributed by atoms with Crippen molar-refractivity contribution >= 4 is 29.2 Å². The van der Waals surface area contributed by atoms with E-state index in [1.807, 2.05) is 0 Å². The molecule has 0 bridgehead atoms. The molecule has 0 saturated carbocycles. The molecule has 0 fully saturated rings. The minimum absolute atomic E-state index is 0.132. The van der Waals surface area contributed by atoms with E-state index in [4.69, 9.17) is 27.2 Å². The van der Waals surface area contributed by atoms with Crippen LogP contribution in [0.25, 0.3) is 0 Å². The Balaban J connectivity index is 2.99. The number of amides is 1. The maximum atomic E-state index is 11.6. The van der Waals surface area contributed by atoms with E-state index in [9.17, 15) is 9.59 Å². The summed E-state index contributed by atoms with van der Waals surface area (Å²) in [4.78, 5) is 22.0. The zero-order valence-electron chi connectivity index (χ0n) is 8.99. The normalized spacial score (nSPS) is 9.76. The summed E-state index contributed by atoms with van der Waals surface area (Å²) in [5.74, 6) is -1.50. The molecule has 0 atom stereocenters. The van der Waals surface area contributed by atoms with E-state index in [0.717, 1.165) is 0 Å². The Bertz CT molecular complexity index is 462. The molecule has 0 spiro atoms. The van der Waals surface area contributed by atoms with Gasteiger partial charge >= 0.3 is 5.97 Å². The number of aliphatic carboxylic acids is 1. The van der Waals surface area contributed by atoms with Gasteiger partial charge in [-0.05, 0) is 6.07 Å². The molecule has 0 aliphatic heterocycles. The van der Waals surface area contributed by atoms with Crippen molar-refractivity contribution in [2.75, 3.05) is 19.4 Å². The van der Waals surface area contributed by atoms with Gasteiger partial charge in [-0.3, -0.25) is 9.59 Å². The Kier molecular flexibility index (Phi) is 4.17. The number of halogens is 1. The number of rotatable bonds is 4. The molecular formula is C10H11ClN2O4. The molecule has 92 valence electrons. The maximum Gasteiger partial charge on any atom is 0.322 e. The SMILES string of the molecule is COc1cc(N)c(Cl)cc1C(=O)NCC(=O)O. The molecule has 6 nitrogen and oxygen atoms in total. The molecular weight excluding hydrogens is 248 g/mol. The average Bonchev–Trinajstić information content (AvgIpc) is 2.28. The molecule has 0 unspecified atom stereocenters. The second kappa shape index (κ2) is 5.40. The summed E-state index contributed by atoms with van der Waals surface area (Å²) < 4.78 is 4.96. The predicted molar refractivity (Wildman–Crippen MR) is 62.4 cm³/mol. The van der Waals surface area contributed by atoms with Crippen LogP contribution in [0, 0.1) is 0 Å². The standard InChI is InChI=1S/C10H11ClN2O4/c1-17-8-3-7(12)6(11)2-5(8)10(16)13-4-9(14)15/h2-3H,4,12H2,1H3,(H,13,16)(H,14,15). The Morgan fingerprint density at radius 2 is 2.18 bits per heavy atom. The van der Waals surface area contributed by atoms with Crippen molar-refractivity contribution < 1.29 is 19.4 Å². The van der Waals surface area contributed by atoms with Crippen LogP contribution in [0.15, 0.2) is 12.1 Å². The highest BCUT2D eigenvalue weighted by Crippen LogP contribution is 2.28. The van der Waals surface area contributed by atoms with E-state index in [1.54, 1.807) is 0 Å². The topological polar surface area (TPSA) is 102 Å². The van der Waals surface area contributed by atoms with Gasteiger partial charge in [0.2, 0.25) is 0 Å². The van der Waals surface area contributed by atoms with Crippen LogP contribution in [0.2, 0.25) is 5.02 Å². The van der Waals surface area contributed by atoms with E-state index < -0.39 is 18.4 Å². The van der Waals surface area contributed by atoms with Gasteiger partial charge in [0.1, 0.15) is 12.3 Å². The van der Waals surface area contributed by atoms with Gasteiger partial charge in [0.15, 0.2) is 0 Å². The molecule has 0 aliphatic carbocycles. The van der Waals surface area contributed by atoms with Crippen LogP contribution in [0.4, 0.5) is 5.69 Å². The van der Waals surface area contributed by atoms with Gasteiger partial charge in [0.05, 0.1) is 23.4 Å². The minimum Gasteiger partial charge on any atom is -0.496 e. The number of nitrogen functional groups attached to an aromatic ring is 1. The summed E-state index contributed by atoms with van der Waals surface area (Å²) in [5.41, 5.74) is 5.96. The fourth-order valence-corrected chi connectivity index (χ4v) is 1.33. The predicted octanol–water partition coefficient (Wildman–Crippen LogP) is 0.745. The number of hydrogen-bond donors (Lipinski definition) is 3. The molecule has 4 N–H and O–H groups in total. The monoisotopic (exact) mass is 258 g/mol. The fourth-order valence-electron chi connectivity index (χ4n) is 1.17. The zero-order valence-corrected chi connectivity index (χ0v) is 9.75. The first-order valence-corrected chi connectivity index (χ1v) is 4.96. The molecule has 0 aromatic heterocycles. The van der Waals surface area contributed by atoms with Gasteiger partial charge in [-0.15, -0.1) is 0 Å². The van der Waals surface area contributed by atoms with E-state index >= 15 is 0 Å². The Labute approximate surface area is 102 Å². The number of nitrogens with one attached hydrogen (secondary N) is 1. The van der Waals surface area contributed by atoms with Crippen LogP contribution >= 0.6 is 11.6 Å². The second-order valence-electron chi connectivity index (χ2n) is 3.15. The number of ether oxygens (including phenoxy) is 1. The molecule has 1 aromatic carbocycles. The molecule has 0 radical (unpaired) electrons. The van der Waals surface area contributed by atoms with Crippen LogP contribution in [-0.4, -0.2) is 30.6 Å². The average molecular weight is 259 g/mol. The molecule has 0 saturated heterocycles. The lowest BCUT2D eigenvalue weighted by Gasteiger charge is -2.10. The van der Waals surface area contributed by atoms with Gasteiger partial charge in [0.25, 0.3) is 5.91 Å². The number of hydrogen-bond acceptors (Lipinski definition) is 4. The van der Waals surface area contributed by atoms with E-state index in [1.165, 1.54) is 19.2 Å². The van der Waals surface area contributed by atoms with Crippen molar-refractivity contribution in [2.24, 2.45) is 0 Å². The fraction of sp³-hybridized carbons (Fsp3) is 0.200. The lowest BCUT2D eigenvalue weighted by molar-refractivity contribution is -0.135. The third-order valence-electron chi connectivity index (χ3n) is 1.96. The number of carbonyl (C=O) groups excluding carboxylic acids is 1. The summed E-state index contributed by atoms with van der Waals surface area (Å²) in [6, 6.07) is 2.73. The van der Waals surface area contributed by atoms with Gasteiger partial charge in [-0.25, -0.2) is 0 Å². The minimum atomic E-state index is -1.14. The van der Waals surface area contributed by atoms with Gasteiger partial charge in [-0.2, -0.15) is 0 Å². The van der Waals surface area contributed by atoms with E-state index in [-0.39, 0.29) is 22.0 Å². The lowest BCUT2D eigenvalue weighted by atomic mass is 10.1. The van der Waals surface area contributed by atoms with Crippen molar-refractivity contribution in [1.29, 1.82) is 0 Å². The number of benzene rings is 1. The first-order valence-electron chi connectivity index (χ1n) is 4.58. The number of nitrogens with two attached hydrogens (primary N) is 1. The van der Waals surface area contributed by atoms with Crippen molar-refractivity contribution in [2.45, 2.75) is 0 Å². The first-order chi connectivity index (χ1) is 7.95. The summed E-state index contributed by atoms with van der Waals surface area (Å²) in [5, 5.41) is 10.8. The van der Waals surface area contributed by atoms with Crippen LogP contribution < -0.4 is 15.8 Å². The molecule has 1 aromatic rings. The Hall–Kier alpha value is -1.95. The van der Waals surface area contributed by atoms with Gasteiger partial charge in [-0.1, -0.05) is 11.6 Å². The smallest absolute Gasteiger partial charge is 0.322 e. The van der Waals surface area contributed by atoms with Crippen LogP contribution in [0.1, 0.15) is 10.4 Å². The molecule has 1 rings (SSSR count). The summed E-state index contributed by atoms with van der Waals surface area (Å²) >= 11 is 5.77. The highest BCUT2D eigenvalue weighted by Gasteiger charge is 2.15. The van der Waals surface area contributed by atoms with Gasteiger partial charge < -0.3 is 20.9 Å². The zero-order chi connectivity index (χ0) is 13.0. The number of carboxylic acids is 1. The van der Waals surface area contributed by atoms with E-state index in [0.29, 0.717) is 0 Å². The van der Waals surface area contributed by atoms with Crippen LogP contribution in [0.3, 0.4) is 0 Å². The Morgan fingerprint density at radius 3 is 2.71 bits per heavy atom. The van der Waals surface area contributed by atoms with Gasteiger partial charge in [0, 0.05) is 6.07 Å². The Morgan fingerprint density at radius 1 is 1.53 bits per heavy atom. The molecule has 7 heteroatoms. The highest BCUT2D eigenvalue weighted by molar-refractivity contribution is 6.33. The molecule has 17 heavy (non-hydrogen) atoms. The largest absolute Gasteiger partial charge is 0.496 e. The number of anilines is 1. The molecule has 1 amide bonds.